The van der Waals surface area contributed by atoms with Crippen molar-refractivity contribution >= 4 is 0 Å². The van der Waals surface area contributed by atoms with E-state index in [1.165, 1.54) is 293 Å². The van der Waals surface area contributed by atoms with Crippen LogP contribution in [0.2, 0.25) is 0 Å². The highest BCUT2D eigenvalue weighted by molar-refractivity contribution is 5.24. The summed E-state index contributed by atoms with van der Waals surface area (Å²) >= 11 is 0. The molecule has 0 aromatic heterocycles. The van der Waals surface area contributed by atoms with Gasteiger partial charge in [-0.2, -0.15) is 0 Å². The Morgan fingerprint density at radius 2 is 0.286 bits per heavy atom. The Morgan fingerprint density at radius 3 is 0.571 bits per heavy atom. The zero-order valence-corrected chi connectivity index (χ0v) is 73.2. The van der Waals surface area contributed by atoms with Crippen LogP contribution in [-0.4, -0.2) is 0 Å². The molecule has 0 N–H and O–H groups in total. The predicted molar refractivity (Wildman–Crippen MR) is 465 cm³/mol. The average Bonchev–Trinajstić information content (AvgIpc) is 1.48. The average molecular weight is 1520 g/mol. The van der Waals surface area contributed by atoms with Crippen molar-refractivity contribution in [2.24, 2.45) is 272 Å². The highest BCUT2D eigenvalue weighted by Crippen LogP contribution is 2.82. The summed E-state index contributed by atoms with van der Waals surface area (Å²) in [5.74, 6) is 55.8. The molecule has 42 fully saturated rings. The van der Waals surface area contributed by atoms with Crippen molar-refractivity contribution in [2.75, 3.05) is 0 Å². The van der Waals surface area contributed by atoms with E-state index >= 15 is 0 Å². The molecule has 20 atom stereocenters. The van der Waals surface area contributed by atoms with Crippen molar-refractivity contribution in [1.82, 2.24) is 0 Å². The second kappa shape index (κ2) is 32.3. The molecule has 42 aliphatic rings. The minimum atomic E-state index is 1.11. The second-order valence-corrected chi connectivity index (χ2v) is 52.2. The highest BCUT2D eigenvalue weighted by Gasteiger charge is 2.76. The smallest absolute Gasteiger partial charge is 0.0318 e. The first kappa shape index (κ1) is 75.7. The van der Waals surface area contributed by atoms with Crippen LogP contribution in [0, 0.1) is 272 Å². The standard InChI is InChI=1S/C12H18.C12H22.C11H18.C11H20.2C10H16.2C9H14.C8H12.2C7H10.C6H8/c1-2-8-5-7(1)11-9-3-4-10(6-9)12(8)11;1-2-6-12-9-3-7-11(5-1)8-4-10-12;1-2-4-10-9-5-6-11(10)8(3-1)7-9;1-4-10-6-2-7-11(5-1)9-3-8-10;1-7-2-9-4-8(1)5-10(3-7)6-9;1-2-9-7-4-5-8(6-7)10(9)3-1;1-6-2-8-4-7(1)5-9(8)3-6;1-2-7-5-6(1)8-3-4-9(7)8;1-2-6-3-5(1)7-4-8(6)7;1-4-2-6-5(1)7(6)3-4;1-2-4-6-5(3-1)7(4)6;1-2-4-5-3(1)6(4)5/h7-12H,1-6H2;11-12H,1-10H2;8-11H,1-7H2;10-11H,1-9H2;2*7-10H,1-6H2;2*6-9H,1-5H2;5-8H,1-4H2;2*4-7H,1-3H2;3-6H,1-2H2. The van der Waals surface area contributed by atoms with Crippen molar-refractivity contribution < 1.29 is 0 Å². The molecule has 0 saturated heterocycles. The first-order chi connectivity index (χ1) is 55.4. The Bertz CT molecular complexity index is 2780. The van der Waals surface area contributed by atoms with Crippen LogP contribution in [0.1, 0.15) is 424 Å². The van der Waals surface area contributed by atoms with Crippen LogP contribution in [0.25, 0.3) is 0 Å². The minimum absolute atomic E-state index is 1.11. The SMILES string of the molecule is C1C2CC3C1C3C2.C1C2CC3CC1CC(C2)C3.C1C2CC3CC1CC3C2.C1CC2C3C(C1)C23.C1CC2C3C1C23.C1CC2C3CCC(C3)C2C1.C1CC2CC1C1C3CCC(C3)C21.C1CC2CC1C1CC21.C1CC2CC1C1CCC21.C1CC2CCCC(C1)CCC2.C1CCC2C3CCC2C(C1)C3.C1CCC2CCCC(C1)CCC2. The molecule has 34 bridgehead atoms. The molecule has 0 amide bonds. The number of hydrogen-bond donors (Lipinski definition) is 0. The molecule has 0 radical (unpaired) electrons. The maximum Gasteiger partial charge on any atom is -0.0318 e. The Morgan fingerprint density at radius 1 is 0.0804 bits per heavy atom. The molecule has 0 heteroatoms. The first-order valence-electron chi connectivity index (χ1n) is 55.4. The van der Waals surface area contributed by atoms with Crippen LogP contribution in [0.15, 0.2) is 0 Å². The van der Waals surface area contributed by atoms with Crippen LogP contribution in [0.4, 0.5) is 0 Å². The summed E-state index contributed by atoms with van der Waals surface area (Å²) in [5.41, 5.74) is 0. The summed E-state index contributed by atoms with van der Waals surface area (Å²) in [5, 5.41) is 0. The summed E-state index contributed by atoms with van der Waals surface area (Å²) in [4.78, 5) is 0. The van der Waals surface area contributed by atoms with Gasteiger partial charge in [0.1, 0.15) is 0 Å². The van der Waals surface area contributed by atoms with E-state index in [9.17, 15) is 0 Å². The zero-order valence-electron chi connectivity index (χ0n) is 73.2. The third-order valence-electron chi connectivity index (χ3n) is 47.3. The molecule has 42 rings (SSSR count). The number of rotatable bonds is 0. The van der Waals surface area contributed by atoms with Crippen molar-refractivity contribution in [3.05, 3.63) is 0 Å². The van der Waals surface area contributed by atoms with Crippen LogP contribution in [0.3, 0.4) is 0 Å². The number of fused-ring (bicyclic) bond motifs is 40. The van der Waals surface area contributed by atoms with E-state index in [1.54, 1.807) is 379 Å². The van der Waals surface area contributed by atoms with Crippen molar-refractivity contribution in [1.29, 1.82) is 0 Å². The summed E-state index contributed by atoms with van der Waals surface area (Å²) in [6, 6.07) is 0. The third kappa shape index (κ3) is 15.3. The normalized spacial score (nSPS) is 58.5. The van der Waals surface area contributed by atoms with Gasteiger partial charge in [0, 0.05) is 0 Å². The highest BCUT2D eigenvalue weighted by atomic mass is 14.8. The van der Waals surface area contributed by atoms with Gasteiger partial charge >= 0.3 is 0 Å². The van der Waals surface area contributed by atoms with Gasteiger partial charge in [0.15, 0.2) is 0 Å². The van der Waals surface area contributed by atoms with Gasteiger partial charge < -0.3 is 0 Å². The van der Waals surface area contributed by atoms with E-state index in [-0.39, 0.29) is 0 Å². The Balaban J connectivity index is 0.0000000713. The van der Waals surface area contributed by atoms with E-state index in [2.05, 4.69) is 0 Å². The van der Waals surface area contributed by atoms with E-state index in [4.69, 9.17) is 0 Å². The van der Waals surface area contributed by atoms with Gasteiger partial charge in [0.05, 0.1) is 0 Å². The largest absolute Gasteiger partial charge is 0.0530 e. The van der Waals surface area contributed by atoms with E-state index in [0.29, 0.717) is 0 Å². The quantitative estimate of drug-likeness (QED) is 0.212. The van der Waals surface area contributed by atoms with Gasteiger partial charge in [-0.3, -0.25) is 0 Å². The summed E-state index contributed by atoms with van der Waals surface area (Å²) in [7, 11) is 0. The molecular weight excluding hydrogens is 1350 g/mol. The molecule has 626 valence electrons. The van der Waals surface area contributed by atoms with Gasteiger partial charge in [0.2, 0.25) is 0 Å². The summed E-state index contributed by atoms with van der Waals surface area (Å²) in [6.07, 6.45) is 105. The zero-order chi connectivity index (χ0) is 73.2. The molecule has 0 spiro atoms. The van der Waals surface area contributed by atoms with Crippen LogP contribution >= 0.6 is 0 Å². The first-order valence-corrected chi connectivity index (χ1v) is 55.4. The lowest BCUT2D eigenvalue weighted by atomic mass is 9.56. The monoisotopic (exact) mass is 1520 g/mol. The predicted octanol–water partition coefficient (Wildman–Crippen LogP) is 31.4. The van der Waals surface area contributed by atoms with Crippen LogP contribution in [-0.2, 0) is 0 Å². The van der Waals surface area contributed by atoms with Gasteiger partial charge in [0.25, 0.3) is 0 Å². The molecule has 0 aromatic rings. The Labute approximate surface area is 691 Å². The number of hydrogen-bond acceptors (Lipinski definition) is 0. The maximum absolute atomic E-state index is 1.64. The Hall–Kier alpha value is 0. The van der Waals surface area contributed by atoms with Crippen molar-refractivity contribution in [2.45, 2.75) is 424 Å². The van der Waals surface area contributed by atoms with Gasteiger partial charge in [-0.15, -0.1) is 0 Å². The molecule has 20 unspecified atom stereocenters. The van der Waals surface area contributed by atoms with Gasteiger partial charge in [-0.1, -0.05) is 154 Å². The van der Waals surface area contributed by atoms with E-state index < -0.39 is 0 Å². The lowest BCUT2D eigenvalue weighted by Crippen LogP contribution is -2.38. The van der Waals surface area contributed by atoms with Crippen LogP contribution in [0.5, 0.6) is 0 Å². The molecule has 0 nitrogen and oxygen atoms in total. The lowest BCUT2D eigenvalue weighted by molar-refractivity contribution is 0.0198. The molecular formula is C112H178. The lowest BCUT2D eigenvalue weighted by Gasteiger charge is -2.49. The maximum atomic E-state index is 1.64. The van der Waals surface area contributed by atoms with Gasteiger partial charge in [-0.25, -0.2) is 0 Å². The molecule has 0 aliphatic heterocycles. The molecule has 112 heavy (non-hydrogen) atoms. The topological polar surface area (TPSA) is 0 Å². The molecule has 42 saturated carbocycles. The van der Waals surface area contributed by atoms with Crippen molar-refractivity contribution in [3.8, 4) is 0 Å². The fraction of sp³-hybridized carbons (Fsp3) is 1.00. The fourth-order valence-electron chi connectivity index (χ4n) is 42.4. The fourth-order valence-corrected chi connectivity index (χ4v) is 42.4. The van der Waals surface area contributed by atoms with Crippen LogP contribution < -0.4 is 0 Å². The van der Waals surface area contributed by atoms with E-state index in [1.807, 2.05) is 0 Å². The summed E-state index contributed by atoms with van der Waals surface area (Å²) < 4.78 is 0. The van der Waals surface area contributed by atoms with Gasteiger partial charge in [-0.05, 0) is 542 Å². The third-order valence-corrected chi connectivity index (χ3v) is 47.3. The second-order valence-electron chi connectivity index (χ2n) is 52.2. The van der Waals surface area contributed by atoms with E-state index in [0.717, 1.165) is 23.7 Å². The Kier molecular flexibility index (Phi) is 21.8. The minimum Gasteiger partial charge on any atom is -0.0530 e. The molecule has 0 aromatic carbocycles. The van der Waals surface area contributed by atoms with Crippen molar-refractivity contribution in [3.63, 3.8) is 0 Å². The molecule has 42 aliphatic carbocycles. The summed E-state index contributed by atoms with van der Waals surface area (Å²) in [6.45, 7) is 0. The molecule has 0 heterocycles.